The number of aliphatic imine (C=N–C) groups is 1. The molecule has 2 aromatic carbocycles. The fourth-order valence-electron chi connectivity index (χ4n) is 4.13. The van der Waals surface area contributed by atoms with Gasteiger partial charge in [-0.15, -0.1) is 0 Å². The highest BCUT2D eigenvalue weighted by molar-refractivity contribution is 7.82. The van der Waals surface area contributed by atoms with Gasteiger partial charge in [-0.25, -0.2) is 0 Å². The van der Waals surface area contributed by atoms with Crippen molar-refractivity contribution in [1.82, 2.24) is 4.90 Å². The predicted molar refractivity (Wildman–Crippen MR) is 129 cm³/mol. The van der Waals surface area contributed by atoms with Crippen LogP contribution in [0.5, 0.6) is 0 Å². The van der Waals surface area contributed by atoms with Gasteiger partial charge in [0.25, 0.3) is 5.91 Å². The van der Waals surface area contributed by atoms with E-state index in [0.29, 0.717) is 41.9 Å². The highest BCUT2D eigenvalue weighted by Crippen LogP contribution is 2.41. The molecule has 4 rings (SSSR count). The molecule has 1 saturated carbocycles. The summed E-state index contributed by atoms with van der Waals surface area (Å²) in [6.45, 7) is 0. The average molecular weight is 500 g/mol. The number of hydrogen-bond donors (Lipinski definition) is 0. The molecule has 0 bridgehead atoms. The molecule has 1 aliphatic heterocycles. The van der Waals surface area contributed by atoms with Crippen LogP contribution in [0.4, 0.5) is 0 Å². The van der Waals surface area contributed by atoms with E-state index in [1.807, 2.05) is 0 Å². The first-order valence-corrected chi connectivity index (χ1v) is 11.6. The summed E-state index contributed by atoms with van der Waals surface area (Å²) in [7, 11) is 0. The fraction of sp³-hybridized carbons (Fsp3) is 0.318. The van der Waals surface area contributed by atoms with E-state index in [4.69, 9.17) is 63.6 Å². The first-order valence-electron chi connectivity index (χ1n) is 9.72. The van der Waals surface area contributed by atoms with Gasteiger partial charge in [0.1, 0.15) is 16.4 Å². The average Bonchev–Trinajstić information content (AvgIpc) is 2.83. The van der Waals surface area contributed by atoms with E-state index >= 15 is 0 Å². The molecule has 1 fully saturated rings. The lowest BCUT2D eigenvalue weighted by Crippen LogP contribution is -2.49. The summed E-state index contributed by atoms with van der Waals surface area (Å²) in [4.78, 5) is 20.7. The molecule has 156 valence electrons. The minimum atomic E-state index is -0.713. The van der Waals surface area contributed by atoms with Crippen LogP contribution >= 0.6 is 58.6 Å². The Kier molecular flexibility index (Phi) is 6.43. The molecule has 0 aromatic heterocycles. The van der Waals surface area contributed by atoms with E-state index in [2.05, 4.69) is 0 Å². The van der Waals surface area contributed by atoms with Crippen LogP contribution < -0.4 is 0 Å². The summed E-state index contributed by atoms with van der Waals surface area (Å²) in [5, 5.41) is 1.70. The van der Waals surface area contributed by atoms with Gasteiger partial charge in [-0.1, -0.05) is 71.5 Å². The molecule has 0 N–H and O–H groups in total. The van der Waals surface area contributed by atoms with Gasteiger partial charge >= 0.3 is 0 Å². The number of thiocarbonyl (C=S) groups is 1. The van der Waals surface area contributed by atoms with Gasteiger partial charge in [0.05, 0.1) is 15.1 Å². The third-order valence-corrected chi connectivity index (χ3v) is 7.26. The van der Waals surface area contributed by atoms with E-state index < -0.39 is 5.66 Å². The number of rotatable bonds is 2. The van der Waals surface area contributed by atoms with Crippen molar-refractivity contribution in [2.45, 2.75) is 44.2 Å². The van der Waals surface area contributed by atoms with Crippen molar-refractivity contribution in [3.8, 4) is 0 Å². The maximum atomic E-state index is 13.6. The molecule has 0 unspecified atom stereocenters. The van der Waals surface area contributed by atoms with Crippen molar-refractivity contribution >= 4 is 75.2 Å². The van der Waals surface area contributed by atoms with E-state index in [1.54, 1.807) is 41.3 Å². The number of nitrogens with zero attached hydrogens (tertiary/aromatic N) is 2. The van der Waals surface area contributed by atoms with Gasteiger partial charge < -0.3 is 0 Å². The summed E-state index contributed by atoms with van der Waals surface area (Å²) in [5.74, 6) is -0.232. The lowest BCUT2D eigenvalue weighted by Gasteiger charge is -2.35. The molecule has 0 radical (unpaired) electrons. The highest BCUT2D eigenvalue weighted by Gasteiger charge is 2.48. The Bertz CT molecular complexity index is 1060. The second kappa shape index (κ2) is 8.76. The van der Waals surface area contributed by atoms with Crippen LogP contribution in [0.25, 0.3) is 0 Å². The molecule has 3 nitrogen and oxygen atoms in total. The quantitative estimate of drug-likeness (QED) is 0.398. The number of amides is 1. The second-order valence-corrected chi connectivity index (χ2v) is 9.60. The first kappa shape index (κ1) is 22.0. The van der Waals surface area contributed by atoms with Crippen LogP contribution in [0, 0.1) is 0 Å². The normalized spacial score (nSPS) is 18.5. The van der Waals surface area contributed by atoms with Crippen molar-refractivity contribution in [1.29, 1.82) is 0 Å². The van der Waals surface area contributed by atoms with Gasteiger partial charge in [-0.2, -0.15) is 0 Å². The zero-order valence-electron chi connectivity index (χ0n) is 15.9. The van der Waals surface area contributed by atoms with Crippen LogP contribution in [0.2, 0.25) is 20.1 Å². The van der Waals surface area contributed by atoms with Crippen molar-refractivity contribution in [3.63, 3.8) is 0 Å². The van der Waals surface area contributed by atoms with Crippen LogP contribution in [0.3, 0.4) is 0 Å². The van der Waals surface area contributed by atoms with E-state index in [1.165, 1.54) is 0 Å². The standard InChI is InChI=1S/C22H18Cl4N2OS/c23-14-6-7-15(17(25)12-14)19-21(30)28(22(27-19)9-3-1-2-4-10-22)20(29)13-5-8-16(24)18(26)11-13/h5-8,11-12H,1-4,9-10H2. The van der Waals surface area contributed by atoms with Crippen LogP contribution in [-0.4, -0.2) is 27.2 Å². The lowest BCUT2D eigenvalue weighted by molar-refractivity contribution is 0.0692. The Morgan fingerprint density at radius 1 is 0.900 bits per heavy atom. The predicted octanol–water partition coefficient (Wildman–Crippen LogP) is 7.62. The van der Waals surface area contributed by atoms with Crippen molar-refractivity contribution in [2.75, 3.05) is 0 Å². The van der Waals surface area contributed by atoms with Gasteiger partial charge in [0.15, 0.2) is 0 Å². The molecule has 1 spiro atoms. The zero-order valence-corrected chi connectivity index (χ0v) is 19.8. The highest BCUT2D eigenvalue weighted by atomic mass is 35.5. The number of carbonyl (C=O) groups is 1. The minimum Gasteiger partial charge on any atom is -0.271 e. The Labute approximate surface area is 201 Å². The molecular formula is C22H18Cl4N2OS. The molecule has 1 aliphatic carbocycles. The number of hydrogen-bond acceptors (Lipinski definition) is 3. The molecule has 2 aliphatic rings. The molecule has 2 aromatic rings. The van der Waals surface area contributed by atoms with Gasteiger partial charge in [0, 0.05) is 16.1 Å². The smallest absolute Gasteiger partial charge is 0.261 e. The fourth-order valence-corrected chi connectivity index (χ4v) is 5.33. The number of halogens is 4. The maximum absolute atomic E-state index is 13.6. The maximum Gasteiger partial charge on any atom is 0.261 e. The monoisotopic (exact) mass is 498 g/mol. The topological polar surface area (TPSA) is 32.7 Å². The third-order valence-electron chi connectivity index (χ3n) is 5.60. The largest absolute Gasteiger partial charge is 0.271 e. The summed E-state index contributed by atoms with van der Waals surface area (Å²) in [6, 6.07) is 10.1. The molecule has 1 amide bonds. The second-order valence-electron chi connectivity index (χ2n) is 7.56. The van der Waals surface area contributed by atoms with Crippen molar-refractivity contribution < 1.29 is 4.79 Å². The Hall–Kier alpha value is -1.17. The number of benzene rings is 2. The molecule has 0 atom stereocenters. The summed E-state index contributed by atoms with van der Waals surface area (Å²) < 4.78 is 0. The van der Waals surface area contributed by atoms with E-state index in [9.17, 15) is 4.79 Å². The van der Waals surface area contributed by atoms with Crippen molar-refractivity contribution in [2.24, 2.45) is 4.99 Å². The summed E-state index contributed by atoms with van der Waals surface area (Å²) in [6.07, 6.45) is 5.65. The molecular weight excluding hydrogens is 482 g/mol. The Morgan fingerprint density at radius 3 is 2.23 bits per heavy atom. The number of carbonyl (C=O) groups excluding carboxylic acids is 1. The molecule has 1 heterocycles. The summed E-state index contributed by atoms with van der Waals surface area (Å²) >= 11 is 30.5. The van der Waals surface area contributed by atoms with E-state index in [0.717, 1.165) is 38.5 Å². The van der Waals surface area contributed by atoms with Crippen molar-refractivity contribution in [3.05, 3.63) is 67.6 Å². The van der Waals surface area contributed by atoms with E-state index in [-0.39, 0.29) is 5.91 Å². The van der Waals surface area contributed by atoms with Crippen LogP contribution in [0.15, 0.2) is 41.4 Å². The van der Waals surface area contributed by atoms with Crippen LogP contribution in [0.1, 0.15) is 54.4 Å². The van der Waals surface area contributed by atoms with Gasteiger partial charge in [-0.3, -0.25) is 14.7 Å². The van der Waals surface area contributed by atoms with Crippen LogP contribution in [-0.2, 0) is 0 Å². The zero-order chi connectivity index (χ0) is 21.5. The Balaban J connectivity index is 1.81. The SMILES string of the molecule is O=C(c1ccc(Cl)c(Cl)c1)N1C(=S)C(c2ccc(Cl)cc2Cl)=NC12CCCCCC2. The lowest BCUT2D eigenvalue weighted by atomic mass is 9.99. The molecule has 8 heteroatoms. The Morgan fingerprint density at radius 2 is 1.60 bits per heavy atom. The van der Waals surface area contributed by atoms with Gasteiger partial charge in [-0.05, 0) is 62.1 Å². The third kappa shape index (κ3) is 4.01. The van der Waals surface area contributed by atoms with Gasteiger partial charge in [0.2, 0.25) is 0 Å². The molecule has 30 heavy (non-hydrogen) atoms. The summed E-state index contributed by atoms with van der Waals surface area (Å²) in [5.41, 5.74) is 0.949. The first-order chi connectivity index (χ1) is 14.3. The minimum absolute atomic E-state index is 0.232. The molecule has 0 saturated heterocycles.